The summed E-state index contributed by atoms with van der Waals surface area (Å²) in [7, 11) is 0. The first kappa shape index (κ1) is 19.7. The average Bonchev–Trinajstić information content (AvgIpc) is 3.70. The van der Waals surface area contributed by atoms with Crippen LogP contribution in [0.1, 0.15) is 5.56 Å². The second-order valence-electron chi connectivity index (χ2n) is 7.02. The van der Waals surface area contributed by atoms with Crippen LogP contribution in [-0.4, -0.2) is 18.3 Å². The van der Waals surface area contributed by atoms with Crippen molar-refractivity contribution in [2.24, 2.45) is 0 Å². The van der Waals surface area contributed by atoms with E-state index in [0.29, 0.717) is 0 Å². The summed E-state index contributed by atoms with van der Waals surface area (Å²) >= 11 is 0. The van der Waals surface area contributed by atoms with Gasteiger partial charge in [0.15, 0.2) is 0 Å². The molecular formula is C28H24O2. The summed E-state index contributed by atoms with van der Waals surface area (Å²) in [6, 6.07) is 32.5. The van der Waals surface area contributed by atoms with Gasteiger partial charge in [-0.3, -0.25) is 0 Å². The van der Waals surface area contributed by atoms with Crippen LogP contribution in [0.4, 0.5) is 0 Å². The highest BCUT2D eigenvalue weighted by atomic mass is 16.6. The van der Waals surface area contributed by atoms with Crippen LogP contribution >= 0.6 is 0 Å². The summed E-state index contributed by atoms with van der Waals surface area (Å²) in [6.45, 7) is 5.96. The predicted octanol–water partition coefficient (Wildman–Crippen LogP) is 7.05. The number of aromatic hydroxyl groups is 1. The molecule has 2 nitrogen and oxygen atoms in total. The second kappa shape index (κ2) is 9.25. The van der Waals surface area contributed by atoms with Crippen molar-refractivity contribution < 1.29 is 9.84 Å². The first-order valence-corrected chi connectivity index (χ1v) is 10.1. The zero-order chi connectivity index (χ0) is 20.8. The van der Waals surface area contributed by atoms with Crippen LogP contribution in [0.2, 0.25) is 0 Å². The Morgan fingerprint density at radius 2 is 1.10 bits per heavy atom. The quantitative estimate of drug-likeness (QED) is 0.377. The standard InChI is InChI=1S/C26H20O.C2H4O/c1-2-22-24(27)18-23(19-12-6-3-7-13-19)26(21-16-10-5-11-17-21)25(22)20-14-8-4-9-15-20;1-2-3-1/h2-18,27H,1H2;1-2H2. The van der Waals surface area contributed by atoms with Crippen LogP contribution < -0.4 is 0 Å². The summed E-state index contributed by atoms with van der Waals surface area (Å²) in [5, 5.41) is 10.8. The van der Waals surface area contributed by atoms with Gasteiger partial charge in [0.05, 0.1) is 13.2 Å². The molecule has 2 heteroatoms. The lowest BCUT2D eigenvalue weighted by Gasteiger charge is -2.20. The number of hydrogen-bond acceptors (Lipinski definition) is 2. The number of benzene rings is 4. The third kappa shape index (κ3) is 4.35. The van der Waals surface area contributed by atoms with Crippen molar-refractivity contribution in [1.29, 1.82) is 0 Å². The van der Waals surface area contributed by atoms with Crippen LogP contribution in [0.15, 0.2) is 104 Å². The Bertz CT molecular complexity index is 1110. The maximum atomic E-state index is 10.8. The van der Waals surface area contributed by atoms with Crippen molar-refractivity contribution in [2.75, 3.05) is 13.2 Å². The van der Waals surface area contributed by atoms with Gasteiger partial charge in [0.2, 0.25) is 0 Å². The van der Waals surface area contributed by atoms with E-state index in [1.807, 2.05) is 60.7 Å². The number of ether oxygens (including phenoxy) is 1. The molecule has 0 spiro atoms. The molecule has 0 unspecified atom stereocenters. The first-order valence-electron chi connectivity index (χ1n) is 10.1. The maximum Gasteiger partial charge on any atom is 0.124 e. The average molecular weight is 392 g/mol. The van der Waals surface area contributed by atoms with Crippen molar-refractivity contribution in [2.45, 2.75) is 0 Å². The van der Waals surface area contributed by atoms with Crippen LogP contribution in [0.3, 0.4) is 0 Å². The van der Waals surface area contributed by atoms with Crippen LogP contribution in [-0.2, 0) is 4.74 Å². The van der Waals surface area contributed by atoms with Crippen LogP contribution in [0.25, 0.3) is 39.5 Å². The molecule has 1 N–H and O–H groups in total. The Balaban J connectivity index is 0.000000667. The van der Waals surface area contributed by atoms with Gasteiger partial charge < -0.3 is 9.84 Å². The van der Waals surface area contributed by atoms with Gasteiger partial charge in [0, 0.05) is 11.1 Å². The molecule has 1 aliphatic heterocycles. The van der Waals surface area contributed by atoms with E-state index in [4.69, 9.17) is 0 Å². The van der Waals surface area contributed by atoms with E-state index in [0.717, 1.165) is 52.2 Å². The zero-order valence-corrected chi connectivity index (χ0v) is 16.8. The Kier molecular flexibility index (Phi) is 6.07. The van der Waals surface area contributed by atoms with E-state index in [-0.39, 0.29) is 5.75 Å². The predicted molar refractivity (Wildman–Crippen MR) is 125 cm³/mol. The third-order valence-corrected chi connectivity index (χ3v) is 4.96. The van der Waals surface area contributed by atoms with Crippen molar-refractivity contribution in [3.63, 3.8) is 0 Å². The summed E-state index contributed by atoms with van der Waals surface area (Å²) in [5.41, 5.74) is 7.08. The number of epoxide rings is 1. The highest BCUT2D eigenvalue weighted by Gasteiger charge is 2.19. The molecule has 4 aromatic carbocycles. The smallest absolute Gasteiger partial charge is 0.124 e. The first-order chi connectivity index (χ1) is 14.8. The molecule has 5 rings (SSSR count). The largest absolute Gasteiger partial charge is 0.507 e. The lowest BCUT2D eigenvalue weighted by atomic mass is 9.84. The maximum absolute atomic E-state index is 10.8. The lowest BCUT2D eigenvalue weighted by molar-refractivity contribution is 0.474. The summed E-state index contributed by atoms with van der Waals surface area (Å²) in [4.78, 5) is 0. The fraction of sp³-hybridized carbons (Fsp3) is 0.0714. The molecule has 1 aliphatic rings. The van der Waals surface area contributed by atoms with Gasteiger partial charge in [0.1, 0.15) is 5.75 Å². The monoisotopic (exact) mass is 392 g/mol. The molecule has 1 heterocycles. The molecule has 1 saturated heterocycles. The molecule has 0 aliphatic carbocycles. The Morgan fingerprint density at radius 3 is 1.53 bits per heavy atom. The summed E-state index contributed by atoms with van der Waals surface area (Å²) < 4.78 is 4.50. The number of phenolic OH excluding ortho intramolecular Hbond substituents is 1. The fourth-order valence-electron chi connectivity index (χ4n) is 3.55. The fourth-order valence-corrected chi connectivity index (χ4v) is 3.55. The van der Waals surface area contributed by atoms with Gasteiger partial charge in [-0.2, -0.15) is 0 Å². The molecule has 4 aromatic rings. The Hall–Kier alpha value is -3.62. The normalized spacial score (nSPS) is 11.9. The molecule has 0 amide bonds. The molecular weight excluding hydrogens is 368 g/mol. The highest BCUT2D eigenvalue weighted by molar-refractivity contribution is 5.99. The molecule has 148 valence electrons. The van der Waals surface area contributed by atoms with Gasteiger partial charge in [-0.25, -0.2) is 0 Å². The van der Waals surface area contributed by atoms with E-state index < -0.39 is 0 Å². The molecule has 0 atom stereocenters. The molecule has 0 saturated carbocycles. The van der Waals surface area contributed by atoms with Gasteiger partial charge in [-0.1, -0.05) is 104 Å². The van der Waals surface area contributed by atoms with E-state index >= 15 is 0 Å². The van der Waals surface area contributed by atoms with Crippen LogP contribution in [0.5, 0.6) is 5.75 Å². The Labute approximate surface area is 177 Å². The Morgan fingerprint density at radius 1 is 0.667 bits per heavy atom. The van der Waals surface area contributed by atoms with Gasteiger partial charge in [0.25, 0.3) is 0 Å². The number of rotatable bonds is 4. The minimum atomic E-state index is 0.238. The lowest BCUT2D eigenvalue weighted by Crippen LogP contribution is -1.94. The summed E-state index contributed by atoms with van der Waals surface area (Å²) in [5.74, 6) is 0.238. The molecule has 30 heavy (non-hydrogen) atoms. The molecule has 1 fully saturated rings. The van der Waals surface area contributed by atoms with Crippen molar-refractivity contribution >= 4 is 6.08 Å². The molecule has 0 bridgehead atoms. The third-order valence-electron chi connectivity index (χ3n) is 4.96. The van der Waals surface area contributed by atoms with E-state index in [9.17, 15) is 5.11 Å². The van der Waals surface area contributed by atoms with Gasteiger partial charge in [-0.05, 0) is 33.9 Å². The minimum Gasteiger partial charge on any atom is -0.507 e. The number of phenols is 1. The SMILES string of the molecule is C1CO1.C=Cc1c(O)cc(-c2ccccc2)c(-c2ccccc2)c1-c1ccccc1. The summed E-state index contributed by atoms with van der Waals surface area (Å²) in [6.07, 6.45) is 1.74. The van der Waals surface area contributed by atoms with Crippen molar-refractivity contribution in [3.05, 3.63) is 109 Å². The van der Waals surface area contributed by atoms with E-state index in [2.05, 4.69) is 47.7 Å². The minimum absolute atomic E-state index is 0.238. The second-order valence-corrected chi connectivity index (χ2v) is 7.02. The molecule has 0 radical (unpaired) electrons. The topological polar surface area (TPSA) is 32.8 Å². The van der Waals surface area contributed by atoms with Crippen molar-refractivity contribution in [3.8, 4) is 39.1 Å². The highest BCUT2D eigenvalue weighted by Crippen LogP contribution is 2.45. The van der Waals surface area contributed by atoms with Crippen LogP contribution in [0, 0.1) is 0 Å². The van der Waals surface area contributed by atoms with E-state index in [1.54, 1.807) is 6.08 Å². The van der Waals surface area contributed by atoms with Gasteiger partial charge >= 0.3 is 0 Å². The number of hydrogen-bond donors (Lipinski definition) is 1. The van der Waals surface area contributed by atoms with Crippen molar-refractivity contribution in [1.82, 2.24) is 0 Å². The zero-order valence-electron chi connectivity index (χ0n) is 16.8. The van der Waals surface area contributed by atoms with E-state index in [1.165, 1.54) is 0 Å². The van der Waals surface area contributed by atoms with Gasteiger partial charge in [-0.15, -0.1) is 0 Å². The molecule has 0 aromatic heterocycles.